The van der Waals surface area contributed by atoms with Gasteiger partial charge < -0.3 is 5.73 Å². The van der Waals surface area contributed by atoms with Gasteiger partial charge in [-0.25, -0.2) is 16.8 Å². The SMILES string of the molecule is CS(=O)(=O)N(c1c(N)ccc2nccnc12)S(C)(=O)=O. The number of sulfonamides is 2. The van der Waals surface area contributed by atoms with E-state index >= 15 is 0 Å². The van der Waals surface area contributed by atoms with E-state index in [4.69, 9.17) is 5.73 Å². The highest BCUT2D eigenvalue weighted by Gasteiger charge is 2.31. The number of hydrogen-bond donors (Lipinski definition) is 1. The van der Waals surface area contributed by atoms with Crippen LogP contribution in [0, 0.1) is 0 Å². The van der Waals surface area contributed by atoms with Crippen LogP contribution in [-0.2, 0) is 20.0 Å². The largest absolute Gasteiger partial charge is 0.397 e. The number of anilines is 2. The Morgan fingerprint density at radius 2 is 1.55 bits per heavy atom. The summed E-state index contributed by atoms with van der Waals surface area (Å²) < 4.78 is 47.5. The summed E-state index contributed by atoms with van der Waals surface area (Å²) in [5.74, 6) is 0. The quantitative estimate of drug-likeness (QED) is 0.786. The molecule has 0 unspecified atom stereocenters. The molecule has 108 valence electrons. The van der Waals surface area contributed by atoms with Crippen LogP contribution < -0.4 is 9.44 Å². The Morgan fingerprint density at radius 3 is 2.10 bits per heavy atom. The molecule has 1 aromatic heterocycles. The smallest absolute Gasteiger partial charge is 0.245 e. The van der Waals surface area contributed by atoms with Crippen molar-refractivity contribution in [3.63, 3.8) is 0 Å². The molecule has 0 bridgehead atoms. The van der Waals surface area contributed by atoms with E-state index in [9.17, 15) is 16.8 Å². The monoisotopic (exact) mass is 316 g/mol. The Hall–Kier alpha value is -1.94. The summed E-state index contributed by atoms with van der Waals surface area (Å²) in [5.41, 5.74) is 5.96. The summed E-state index contributed by atoms with van der Waals surface area (Å²) in [7, 11) is -8.18. The van der Waals surface area contributed by atoms with Crippen molar-refractivity contribution in [1.82, 2.24) is 9.97 Å². The normalized spacial score (nSPS) is 12.5. The minimum atomic E-state index is -4.09. The zero-order valence-corrected chi connectivity index (χ0v) is 12.3. The van der Waals surface area contributed by atoms with E-state index in [1.807, 2.05) is 0 Å². The predicted molar refractivity (Wildman–Crippen MR) is 76.1 cm³/mol. The molecule has 0 aliphatic heterocycles. The predicted octanol–water partition coefficient (Wildman–Crippen LogP) is -0.0624. The molecule has 0 saturated carbocycles. The van der Waals surface area contributed by atoms with Crippen LogP contribution in [-0.4, -0.2) is 39.3 Å². The molecule has 0 atom stereocenters. The van der Waals surface area contributed by atoms with Crippen LogP contribution in [0.1, 0.15) is 0 Å². The van der Waals surface area contributed by atoms with Gasteiger partial charge in [-0.2, -0.15) is 3.71 Å². The number of nitrogens with two attached hydrogens (primary N) is 1. The van der Waals surface area contributed by atoms with Crippen molar-refractivity contribution in [3.05, 3.63) is 24.5 Å². The Morgan fingerprint density at radius 1 is 1.00 bits per heavy atom. The van der Waals surface area contributed by atoms with Crippen LogP contribution in [0.4, 0.5) is 11.4 Å². The van der Waals surface area contributed by atoms with E-state index in [2.05, 4.69) is 9.97 Å². The molecule has 0 aliphatic rings. The Labute approximate surface area is 116 Å². The standard InChI is InChI=1S/C10H12N4O4S2/c1-19(15,16)14(20(2,17)18)10-7(11)3-4-8-9(10)13-6-5-12-8/h3-6H,11H2,1-2H3. The molecule has 0 radical (unpaired) electrons. The second-order valence-electron chi connectivity index (χ2n) is 4.15. The summed E-state index contributed by atoms with van der Waals surface area (Å²) in [6.45, 7) is 0. The molecule has 20 heavy (non-hydrogen) atoms. The minimum Gasteiger partial charge on any atom is -0.397 e. The fourth-order valence-electron chi connectivity index (χ4n) is 1.81. The molecular formula is C10H12N4O4S2. The van der Waals surface area contributed by atoms with E-state index in [-0.39, 0.29) is 20.6 Å². The molecule has 2 rings (SSSR count). The first kappa shape index (κ1) is 14.5. The first-order chi connectivity index (χ1) is 9.12. The van der Waals surface area contributed by atoms with Crippen molar-refractivity contribution in [1.29, 1.82) is 0 Å². The van der Waals surface area contributed by atoms with Crippen LogP contribution in [0.25, 0.3) is 11.0 Å². The van der Waals surface area contributed by atoms with Crippen molar-refractivity contribution >= 4 is 42.5 Å². The number of nitrogen functional groups attached to an aromatic ring is 1. The third-order valence-electron chi connectivity index (χ3n) is 2.43. The molecule has 1 aromatic carbocycles. The van der Waals surface area contributed by atoms with Gasteiger partial charge in [0.1, 0.15) is 11.2 Å². The first-order valence-corrected chi connectivity index (χ1v) is 9.01. The summed E-state index contributed by atoms with van der Waals surface area (Å²) in [6, 6.07) is 2.92. The zero-order valence-electron chi connectivity index (χ0n) is 10.7. The average Bonchev–Trinajstić information content (AvgIpc) is 2.29. The summed E-state index contributed by atoms with van der Waals surface area (Å²) >= 11 is 0. The molecule has 0 saturated heterocycles. The second kappa shape index (κ2) is 4.56. The maximum Gasteiger partial charge on any atom is 0.245 e. The lowest BCUT2D eigenvalue weighted by Gasteiger charge is -2.22. The van der Waals surface area contributed by atoms with Crippen LogP contribution in [0.3, 0.4) is 0 Å². The van der Waals surface area contributed by atoms with Crippen molar-refractivity contribution < 1.29 is 16.8 Å². The average molecular weight is 316 g/mol. The van der Waals surface area contributed by atoms with Crippen LogP contribution >= 0.6 is 0 Å². The number of aromatic nitrogens is 2. The van der Waals surface area contributed by atoms with Gasteiger partial charge in [0, 0.05) is 12.4 Å². The van der Waals surface area contributed by atoms with Gasteiger partial charge in [0.2, 0.25) is 20.0 Å². The van der Waals surface area contributed by atoms with Crippen molar-refractivity contribution in [2.24, 2.45) is 0 Å². The van der Waals surface area contributed by atoms with Crippen molar-refractivity contribution in [3.8, 4) is 0 Å². The summed E-state index contributed by atoms with van der Waals surface area (Å²) in [6.07, 6.45) is 4.30. The van der Waals surface area contributed by atoms with Gasteiger partial charge in [0.25, 0.3) is 0 Å². The van der Waals surface area contributed by atoms with Crippen LogP contribution in [0.2, 0.25) is 0 Å². The van der Waals surface area contributed by atoms with Crippen LogP contribution in [0.15, 0.2) is 24.5 Å². The molecule has 2 N–H and O–H groups in total. The van der Waals surface area contributed by atoms with Gasteiger partial charge in [-0.3, -0.25) is 9.97 Å². The van der Waals surface area contributed by atoms with Crippen molar-refractivity contribution in [2.75, 3.05) is 22.0 Å². The number of hydrogen-bond acceptors (Lipinski definition) is 7. The molecule has 10 heteroatoms. The lowest BCUT2D eigenvalue weighted by atomic mass is 10.2. The highest BCUT2D eigenvalue weighted by molar-refractivity contribution is 8.09. The lowest BCUT2D eigenvalue weighted by molar-refractivity contribution is 0.591. The Balaban J connectivity index is 2.95. The van der Waals surface area contributed by atoms with Crippen molar-refractivity contribution in [2.45, 2.75) is 0 Å². The number of benzene rings is 1. The fraction of sp³-hybridized carbons (Fsp3) is 0.200. The van der Waals surface area contributed by atoms with E-state index < -0.39 is 20.0 Å². The molecule has 2 aromatic rings. The Bertz CT molecular complexity index is 845. The highest BCUT2D eigenvalue weighted by Crippen LogP contribution is 2.33. The van der Waals surface area contributed by atoms with Gasteiger partial charge in [-0.15, -0.1) is 0 Å². The van der Waals surface area contributed by atoms with Gasteiger partial charge >= 0.3 is 0 Å². The van der Waals surface area contributed by atoms with E-state index in [0.29, 0.717) is 5.52 Å². The van der Waals surface area contributed by atoms with Gasteiger partial charge in [-0.1, -0.05) is 0 Å². The summed E-state index contributed by atoms with van der Waals surface area (Å²) in [4.78, 5) is 7.97. The molecule has 1 heterocycles. The molecule has 0 aliphatic carbocycles. The van der Waals surface area contributed by atoms with E-state index in [1.54, 1.807) is 0 Å². The van der Waals surface area contributed by atoms with E-state index in [0.717, 1.165) is 12.5 Å². The number of fused-ring (bicyclic) bond motifs is 1. The lowest BCUT2D eigenvalue weighted by Crippen LogP contribution is -2.36. The maximum atomic E-state index is 11.8. The second-order valence-corrected chi connectivity index (χ2v) is 8.04. The molecular weight excluding hydrogens is 304 g/mol. The van der Waals surface area contributed by atoms with Gasteiger partial charge in [0.05, 0.1) is 23.7 Å². The minimum absolute atomic E-state index is 0.0196. The zero-order chi connectivity index (χ0) is 15.1. The number of nitrogens with zero attached hydrogens (tertiary/aromatic N) is 3. The molecule has 8 nitrogen and oxygen atoms in total. The Kier molecular flexibility index (Phi) is 3.30. The van der Waals surface area contributed by atoms with Gasteiger partial charge in [0.15, 0.2) is 0 Å². The molecule has 0 fully saturated rings. The maximum absolute atomic E-state index is 11.8. The first-order valence-electron chi connectivity index (χ1n) is 5.32. The van der Waals surface area contributed by atoms with Crippen LogP contribution in [0.5, 0.6) is 0 Å². The number of rotatable bonds is 3. The topological polar surface area (TPSA) is 123 Å². The van der Waals surface area contributed by atoms with Gasteiger partial charge in [-0.05, 0) is 12.1 Å². The highest BCUT2D eigenvalue weighted by atomic mass is 32.3. The molecule has 0 spiro atoms. The van der Waals surface area contributed by atoms with E-state index in [1.165, 1.54) is 24.5 Å². The third kappa shape index (κ3) is 2.51. The fourth-order valence-corrected chi connectivity index (χ4v) is 4.82. The third-order valence-corrected chi connectivity index (χ3v) is 5.62. The molecule has 0 amide bonds. The summed E-state index contributed by atoms with van der Waals surface area (Å²) in [5, 5.41) is 0.